The Morgan fingerprint density at radius 3 is 2.10 bits per heavy atom. The van der Waals surface area contributed by atoms with Crippen LogP contribution in [0.4, 0.5) is 36.4 Å². The highest BCUT2D eigenvalue weighted by Gasteiger charge is 2.45. The zero-order valence-corrected chi connectivity index (χ0v) is 32.7. The maximum Gasteiger partial charge on any atom is 0.422 e. The van der Waals surface area contributed by atoms with E-state index in [2.05, 4.69) is 41.5 Å². The quantitative estimate of drug-likeness (QED) is 0.0840. The molecule has 2 aliphatic rings. The second-order valence-corrected chi connectivity index (χ2v) is 15.8. The number of methoxy groups -OCH3 is 1. The minimum absolute atomic E-state index is 0.0404. The van der Waals surface area contributed by atoms with Crippen LogP contribution in [0.15, 0.2) is 77.7 Å². The van der Waals surface area contributed by atoms with E-state index in [9.17, 15) is 40.8 Å². The van der Waals surface area contributed by atoms with Crippen LogP contribution in [0.2, 0.25) is 5.02 Å². The van der Waals surface area contributed by atoms with Crippen molar-refractivity contribution in [2.24, 2.45) is 0 Å². The van der Waals surface area contributed by atoms with Gasteiger partial charge in [0.15, 0.2) is 6.61 Å². The third-order valence-electron chi connectivity index (χ3n) is 9.16. The highest BCUT2D eigenvalue weighted by molar-refractivity contribution is 7.89. The lowest BCUT2D eigenvalue weighted by molar-refractivity contribution is -0.154. The van der Waals surface area contributed by atoms with Gasteiger partial charge in [-0.25, -0.2) is 13.2 Å². The SMILES string of the molecule is COC(=O)[C@H](CNC(=O)C(=O)Nc1ccc(S(=O)(=O)N2CCCC2)cc1)NC(=O)c1ccc(Nc2nc(NC3(c4ccc(Cl)cc4)CC3)nc(OCC(F)(F)F)n2)cc1. The second-order valence-electron chi connectivity index (χ2n) is 13.4. The average molecular weight is 860 g/mol. The Morgan fingerprint density at radius 2 is 1.49 bits per heavy atom. The van der Waals surface area contributed by atoms with E-state index in [1.807, 2.05) is 12.1 Å². The van der Waals surface area contributed by atoms with E-state index >= 15 is 0 Å². The summed E-state index contributed by atoms with van der Waals surface area (Å²) < 4.78 is 75.4. The number of alkyl halides is 3. The number of sulfonamides is 1. The van der Waals surface area contributed by atoms with E-state index in [-0.39, 0.29) is 28.0 Å². The number of hydrogen-bond acceptors (Lipinski definition) is 13. The Morgan fingerprint density at radius 1 is 0.864 bits per heavy atom. The number of benzene rings is 3. The highest BCUT2D eigenvalue weighted by atomic mass is 35.5. The standard InChI is InChI=1S/C37H37ClF3N9O8S/c1-57-32(54)28(20-42-30(52)31(53)43-25-12-14-27(15-13-25)59(55,56)50-18-2-3-19-50)45-29(51)22-4-10-26(11-5-22)44-33-46-34(48-35(47-33)58-21-37(39,40)41)49-36(16-17-36)23-6-8-24(38)9-7-23/h4-15,28H,2-3,16-21H2,1H3,(H,42,52)(H,43,53)(H,45,51)(H2,44,46,47,48,49)/t28-/m0/s1. The summed E-state index contributed by atoms with van der Waals surface area (Å²) in [4.78, 5) is 63.1. The van der Waals surface area contributed by atoms with Crippen LogP contribution in [0.5, 0.6) is 6.01 Å². The van der Waals surface area contributed by atoms with E-state index in [1.165, 1.54) is 52.8 Å². The first kappa shape index (κ1) is 42.5. The number of aromatic nitrogens is 3. The van der Waals surface area contributed by atoms with Gasteiger partial charge in [0.1, 0.15) is 6.04 Å². The Bertz CT molecular complexity index is 2290. The van der Waals surface area contributed by atoms with Crippen LogP contribution >= 0.6 is 11.6 Å². The molecule has 0 spiro atoms. The molecular weight excluding hydrogens is 823 g/mol. The Hall–Kier alpha value is -6.06. The summed E-state index contributed by atoms with van der Waals surface area (Å²) in [6.45, 7) is -1.33. The minimum atomic E-state index is -4.66. The van der Waals surface area contributed by atoms with Crippen molar-refractivity contribution < 1.29 is 50.2 Å². The molecule has 3 aromatic carbocycles. The van der Waals surface area contributed by atoms with Gasteiger partial charge in [-0.3, -0.25) is 14.4 Å². The van der Waals surface area contributed by atoms with E-state index in [0.29, 0.717) is 36.6 Å². The van der Waals surface area contributed by atoms with Gasteiger partial charge in [0, 0.05) is 41.6 Å². The van der Waals surface area contributed by atoms with Crippen molar-refractivity contribution in [1.29, 1.82) is 0 Å². The number of amides is 3. The van der Waals surface area contributed by atoms with Crippen LogP contribution in [0.3, 0.4) is 0 Å². The number of esters is 1. The first-order valence-corrected chi connectivity index (χ1v) is 19.8. The van der Waals surface area contributed by atoms with Crippen molar-refractivity contribution in [2.45, 2.75) is 48.3 Å². The van der Waals surface area contributed by atoms with Gasteiger partial charge < -0.3 is 36.1 Å². The fraction of sp³-hybridized carbons (Fsp3) is 0.324. The van der Waals surface area contributed by atoms with Gasteiger partial charge >= 0.3 is 30.0 Å². The van der Waals surface area contributed by atoms with Crippen LogP contribution in [-0.4, -0.2) is 96.9 Å². The Kier molecular flexibility index (Phi) is 12.9. The largest absolute Gasteiger partial charge is 0.467 e. The van der Waals surface area contributed by atoms with E-state index in [0.717, 1.165) is 25.5 Å². The number of nitrogens with one attached hydrogen (secondary N) is 5. The van der Waals surface area contributed by atoms with Crippen molar-refractivity contribution >= 4 is 68.6 Å². The lowest BCUT2D eigenvalue weighted by atomic mass is 10.1. The van der Waals surface area contributed by atoms with Gasteiger partial charge in [-0.1, -0.05) is 23.7 Å². The third kappa shape index (κ3) is 11.1. The normalized spacial score (nSPS) is 15.3. The number of carbonyl (C=O) groups is 4. The molecule has 5 N–H and O–H groups in total. The Labute approximate surface area is 340 Å². The second kappa shape index (κ2) is 17.8. The number of anilines is 4. The summed E-state index contributed by atoms with van der Waals surface area (Å²) in [6.07, 6.45) is -1.74. The molecule has 1 saturated heterocycles. The van der Waals surface area contributed by atoms with Crippen molar-refractivity contribution in [3.05, 3.63) is 88.9 Å². The molecule has 17 nitrogen and oxygen atoms in total. The van der Waals surface area contributed by atoms with Gasteiger partial charge in [0.25, 0.3) is 5.91 Å². The summed E-state index contributed by atoms with van der Waals surface area (Å²) in [7, 11) is -2.62. The molecule has 22 heteroatoms. The fourth-order valence-corrected chi connectivity index (χ4v) is 7.58. The van der Waals surface area contributed by atoms with Gasteiger partial charge in [0.05, 0.1) is 17.5 Å². The van der Waals surface area contributed by atoms with E-state index in [4.69, 9.17) is 21.1 Å². The first-order chi connectivity index (χ1) is 28.0. The molecule has 0 bridgehead atoms. The summed E-state index contributed by atoms with van der Waals surface area (Å²) in [6, 6.07) is 15.9. The van der Waals surface area contributed by atoms with Crippen LogP contribution in [0.25, 0.3) is 0 Å². The molecule has 1 aliphatic carbocycles. The molecule has 312 valence electrons. The third-order valence-corrected chi connectivity index (χ3v) is 11.3. The lowest BCUT2D eigenvalue weighted by Gasteiger charge is -2.19. The summed E-state index contributed by atoms with van der Waals surface area (Å²) in [5.74, 6) is -4.19. The predicted octanol–water partition coefficient (Wildman–Crippen LogP) is 4.12. The van der Waals surface area contributed by atoms with Gasteiger partial charge in [0.2, 0.25) is 21.9 Å². The number of rotatable bonds is 15. The lowest BCUT2D eigenvalue weighted by Crippen LogP contribution is -2.50. The van der Waals surface area contributed by atoms with E-state index in [1.54, 1.807) is 12.1 Å². The zero-order chi connectivity index (χ0) is 42.4. The molecule has 4 aromatic rings. The van der Waals surface area contributed by atoms with Crippen LogP contribution in [0, 0.1) is 0 Å². The molecule has 0 radical (unpaired) electrons. The average Bonchev–Trinajstić information content (AvgIpc) is 3.75. The van der Waals surface area contributed by atoms with Crippen molar-refractivity contribution in [3.63, 3.8) is 0 Å². The summed E-state index contributed by atoms with van der Waals surface area (Å²) in [5, 5.41) is 13.6. The smallest absolute Gasteiger partial charge is 0.422 e. The van der Waals surface area contributed by atoms with Gasteiger partial charge in [-0.05, 0) is 91.9 Å². The van der Waals surface area contributed by atoms with Crippen molar-refractivity contribution in [3.8, 4) is 6.01 Å². The molecule has 1 aromatic heterocycles. The molecular formula is C37H37ClF3N9O8S. The predicted molar refractivity (Wildman–Crippen MR) is 206 cm³/mol. The maximum atomic E-state index is 13.1. The summed E-state index contributed by atoms with van der Waals surface area (Å²) >= 11 is 6.03. The molecule has 2 fully saturated rings. The van der Waals surface area contributed by atoms with Crippen molar-refractivity contribution in [1.82, 2.24) is 29.9 Å². The monoisotopic (exact) mass is 859 g/mol. The number of ether oxygens (including phenoxy) is 2. The van der Waals surface area contributed by atoms with Gasteiger partial charge in [-0.2, -0.15) is 32.4 Å². The zero-order valence-electron chi connectivity index (χ0n) is 31.1. The molecule has 3 amide bonds. The number of carbonyl (C=O) groups excluding carboxylic acids is 4. The summed E-state index contributed by atoms with van der Waals surface area (Å²) in [5.41, 5.74) is 0.799. The number of halogens is 4. The van der Waals surface area contributed by atoms with Crippen LogP contribution in [0.1, 0.15) is 41.6 Å². The van der Waals surface area contributed by atoms with Crippen molar-refractivity contribution in [2.75, 3.05) is 49.3 Å². The highest BCUT2D eigenvalue weighted by Crippen LogP contribution is 2.48. The Balaban J connectivity index is 1.06. The minimum Gasteiger partial charge on any atom is -0.467 e. The number of nitrogens with zero attached hydrogens (tertiary/aromatic N) is 4. The fourth-order valence-electron chi connectivity index (χ4n) is 5.93. The molecule has 1 saturated carbocycles. The first-order valence-electron chi connectivity index (χ1n) is 18.0. The molecule has 1 atom stereocenters. The van der Waals surface area contributed by atoms with Gasteiger partial charge in [-0.15, -0.1) is 0 Å². The molecule has 6 rings (SSSR count). The van der Waals surface area contributed by atoms with E-state index < -0.39 is 70.6 Å². The molecule has 0 unspecified atom stereocenters. The van der Waals surface area contributed by atoms with Crippen LogP contribution in [-0.2, 0) is 34.7 Å². The van der Waals surface area contributed by atoms with Crippen LogP contribution < -0.4 is 31.3 Å². The maximum absolute atomic E-state index is 13.1. The molecule has 2 heterocycles. The molecule has 1 aliphatic heterocycles. The number of hydrogen-bond donors (Lipinski definition) is 5. The molecule has 59 heavy (non-hydrogen) atoms. The topological polar surface area (TPSA) is 223 Å².